The van der Waals surface area contributed by atoms with Crippen molar-refractivity contribution in [3.63, 3.8) is 0 Å². The van der Waals surface area contributed by atoms with E-state index in [0.29, 0.717) is 18.7 Å². The number of rotatable bonds is 7. The highest BCUT2D eigenvalue weighted by Gasteiger charge is 2.11. The van der Waals surface area contributed by atoms with Gasteiger partial charge in [0.15, 0.2) is 0 Å². The molecule has 0 aromatic heterocycles. The first kappa shape index (κ1) is 14.0. The Morgan fingerprint density at radius 1 is 1.24 bits per heavy atom. The number of anilines is 1. The van der Waals surface area contributed by atoms with Gasteiger partial charge < -0.3 is 5.32 Å². The molecule has 17 heavy (non-hydrogen) atoms. The van der Waals surface area contributed by atoms with Crippen molar-refractivity contribution in [2.24, 2.45) is 0 Å². The van der Waals surface area contributed by atoms with Crippen LogP contribution in [0.2, 0.25) is 0 Å². The third-order valence-corrected chi connectivity index (χ3v) is 3.86. The first-order valence-electron chi connectivity index (χ1n) is 5.82. The van der Waals surface area contributed by atoms with Crippen LogP contribution in [0.25, 0.3) is 0 Å². The van der Waals surface area contributed by atoms with Gasteiger partial charge in [0.1, 0.15) is 0 Å². The second-order valence-corrected chi connectivity index (χ2v) is 5.73. The van der Waals surface area contributed by atoms with E-state index in [2.05, 4.69) is 10.0 Å². The molecule has 0 unspecified atom stereocenters. The van der Waals surface area contributed by atoms with Gasteiger partial charge in [0, 0.05) is 0 Å². The van der Waals surface area contributed by atoms with Gasteiger partial charge in [-0.1, -0.05) is 25.1 Å². The van der Waals surface area contributed by atoms with Crippen molar-refractivity contribution >= 4 is 15.7 Å². The summed E-state index contributed by atoms with van der Waals surface area (Å²) >= 11 is 0. The fraction of sp³-hybridized carbons (Fsp3) is 0.500. The lowest BCUT2D eigenvalue weighted by atomic mass is 10.1. The fourth-order valence-electron chi connectivity index (χ4n) is 1.59. The van der Waals surface area contributed by atoms with Crippen molar-refractivity contribution < 1.29 is 8.42 Å². The molecule has 0 bridgehead atoms. The Hall–Kier alpha value is -1.07. The van der Waals surface area contributed by atoms with E-state index in [9.17, 15) is 8.42 Å². The summed E-state index contributed by atoms with van der Waals surface area (Å²) in [5.74, 6) is 0.145. The van der Waals surface area contributed by atoms with E-state index in [1.54, 1.807) is 6.07 Å². The monoisotopic (exact) mass is 256 g/mol. The van der Waals surface area contributed by atoms with Gasteiger partial charge in [-0.2, -0.15) is 0 Å². The number of nitrogens with one attached hydrogen (secondary N) is 2. The first-order chi connectivity index (χ1) is 8.09. The van der Waals surface area contributed by atoms with Crippen LogP contribution in [0.3, 0.4) is 0 Å². The molecule has 5 heteroatoms. The van der Waals surface area contributed by atoms with Crippen LogP contribution in [0.5, 0.6) is 0 Å². The second-order valence-electron chi connectivity index (χ2n) is 3.89. The lowest BCUT2D eigenvalue weighted by Gasteiger charge is -2.11. The molecule has 1 aromatic carbocycles. The third-order valence-electron chi connectivity index (χ3n) is 2.50. The van der Waals surface area contributed by atoms with Gasteiger partial charge in [-0.05, 0) is 38.1 Å². The van der Waals surface area contributed by atoms with Crippen molar-refractivity contribution in [3.8, 4) is 0 Å². The molecule has 0 heterocycles. The Labute approximate surface area is 103 Å². The van der Waals surface area contributed by atoms with Crippen LogP contribution in [0.1, 0.15) is 18.9 Å². The van der Waals surface area contributed by atoms with Crippen molar-refractivity contribution in [1.29, 1.82) is 0 Å². The van der Waals surface area contributed by atoms with Crippen LogP contribution < -0.4 is 10.0 Å². The molecule has 0 saturated carbocycles. The zero-order valence-corrected chi connectivity index (χ0v) is 11.2. The van der Waals surface area contributed by atoms with E-state index in [1.165, 1.54) is 0 Å². The normalized spacial score (nSPS) is 11.4. The Bertz CT molecular complexity index is 444. The largest absolute Gasteiger partial charge is 0.320 e. The van der Waals surface area contributed by atoms with Crippen LogP contribution in [0.4, 0.5) is 5.69 Å². The maximum Gasteiger partial charge on any atom is 0.232 e. The highest BCUT2D eigenvalue weighted by Crippen LogP contribution is 2.17. The Morgan fingerprint density at radius 2 is 1.94 bits per heavy atom. The highest BCUT2D eigenvalue weighted by atomic mass is 32.2. The SMILES string of the molecule is CCc1ccccc1NS(=O)(=O)CCCNC. The number of aryl methyl sites for hydroxylation is 1. The van der Waals surface area contributed by atoms with Gasteiger partial charge in [-0.15, -0.1) is 0 Å². The zero-order chi connectivity index (χ0) is 12.7. The van der Waals surface area contributed by atoms with E-state index in [1.807, 2.05) is 32.2 Å². The van der Waals surface area contributed by atoms with Crippen LogP contribution in [0, 0.1) is 0 Å². The van der Waals surface area contributed by atoms with Gasteiger partial charge in [0.05, 0.1) is 11.4 Å². The predicted molar refractivity (Wildman–Crippen MR) is 71.8 cm³/mol. The molecule has 0 aliphatic carbocycles. The lowest BCUT2D eigenvalue weighted by Crippen LogP contribution is -2.20. The summed E-state index contributed by atoms with van der Waals surface area (Å²) in [6.45, 7) is 2.71. The van der Waals surface area contributed by atoms with Crippen molar-refractivity contribution in [3.05, 3.63) is 29.8 Å². The average Bonchev–Trinajstić information content (AvgIpc) is 2.29. The van der Waals surface area contributed by atoms with Crippen molar-refractivity contribution in [2.75, 3.05) is 24.1 Å². The summed E-state index contributed by atoms with van der Waals surface area (Å²) in [6.07, 6.45) is 1.43. The summed E-state index contributed by atoms with van der Waals surface area (Å²) in [4.78, 5) is 0. The Morgan fingerprint density at radius 3 is 2.59 bits per heavy atom. The molecule has 0 aliphatic heterocycles. The summed E-state index contributed by atoms with van der Waals surface area (Å²) < 4.78 is 26.2. The summed E-state index contributed by atoms with van der Waals surface area (Å²) in [5.41, 5.74) is 1.71. The molecule has 96 valence electrons. The minimum atomic E-state index is -3.23. The quantitative estimate of drug-likeness (QED) is 0.729. The topological polar surface area (TPSA) is 58.2 Å². The molecule has 1 aromatic rings. The molecule has 4 nitrogen and oxygen atoms in total. The van der Waals surface area contributed by atoms with Gasteiger partial charge in [0.25, 0.3) is 0 Å². The van der Waals surface area contributed by atoms with Gasteiger partial charge in [0.2, 0.25) is 10.0 Å². The van der Waals surface area contributed by atoms with E-state index < -0.39 is 10.0 Å². The van der Waals surface area contributed by atoms with Crippen molar-refractivity contribution in [2.45, 2.75) is 19.8 Å². The van der Waals surface area contributed by atoms with Crippen molar-refractivity contribution in [1.82, 2.24) is 5.32 Å². The average molecular weight is 256 g/mol. The molecule has 0 saturated heterocycles. The van der Waals surface area contributed by atoms with Crippen LogP contribution in [-0.2, 0) is 16.4 Å². The Balaban J connectivity index is 2.69. The number of hydrogen-bond donors (Lipinski definition) is 2. The summed E-state index contributed by atoms with van der Waals surface area (Å²) in [6, 6.07) is 7.49. The zero-order valence-electron chi connectivity index (χ0n) is 10.4. The molecular weight excluding hydrogens is 236 g/mol. The predicted octanol–water partition coefficient (Wildman–Crippen LogP) is 1.60. The maximum absolute atomic E-state index is 11.8. The molecule has 2 N–H and O–H groups in total. The number of benzene rings is 1. The molecule has 0 atom stereocenters. The Kier molecular flexibility index (Phi) is 5.44. The second kappa shape index (κ2) is 6.61. The number of sulfonamides is 1. The third kappa shape index (κ3) is 4.75. The molecule has 1 rings (SSSR count). The van der Waals surface area contributed by atoms with Gasteiger partial charge >= 0.3 is 0 Å². The number of para-hydroxylation sites is 1. The summed E-state index contributed by atoms with van der Waals surface area (Å²) in [7, 11) is -1.42. The van der Waals surface area contributed by atoms with E-state index >= 15 is 0 Å². The molecular formula is C12H20N2O2S. The van der Waals surface area contributed by atoms with Gasteiger partial charge in [-0.3, -0.25) is 4.72 Å². The van der Waals surface area contributed by atoms with Crippen LogP contribution >= 0.6 is 0 Å². The minimum Gasteiger partial charge on any atom is -0.320 e. The maximum atomic E-state index is 11.8. The molecule has 0 radical (unpaired) electrons. The smallest absolute Gasteiger partial charge is 0.232 e. The highest BCUT2D eigenvalue weighted by molar-refractivity contribution is 7.92. The molecule has 0 aliphatic rings. The van der Waals surface area contributed by atoms with E-state index in [4.69, 9.17) is 0 Å². The summed E-state index contributed by atoms with van der Waals surface area (Å²) in [5, 5.41) is 2.93. The van der Waals surface area contributed by atoms with E-state index in [-0.39, 0.29) is 5.75 Å². The van der Waals surface area contributed by atoms with E-state index in [0.717, 1.165) is 12.0 Å². The molecule has 0 amide bonds. The minimum absolute atomic E-state index is 0.145. The molecule has 0 spiro atoms. The van der Waals surface area contributed by atoms with Crippen LogP contribution in [-0.4, -0.2) is 27.8 Å². The molecule has 0 fully saturated rings. The lowest BCUT2D eigenvalue weighted by molar-refractivity contribution is 0.597. The number of hydrogen-bond acceptors (Lipinski definition) is 3. The standard InChI is InChI=1S/C12H20N2O2S/c1-3-11-7-4-5-8-12(11)14-17(15,16)10-6-9-13-2/h4-5,7-8,13-14H,3,6,9-10H2,1-2H3. The fourth-order valence-corrected chi connectivity index (χ4v) is 2.75. The van der Waals surface area contributed by atoms with Gasteiger partial charge in [-0.25, -0.2) is 8.42 Å². The first-order valence-corrected chi connectivity index (χ1v) is 7.47. The van der Waals surface area contributed by atoms with Crippen LogP contribution in [0.15, 0.2) is 24.3 Å².